The molecular weight excluding hydrogens is 392 g/mol. The molecule has 1 heterocycles. The Morgan fingerprint density at radius 2 is 1.45 bits per heavy atom. The Kier molecular flexibility index (Phi) is 7.93. The summed E-state index contributed by atoms with van der Waals surface area (Å²) in [6, 6.07) is 17.4. The van der Waals surface area contributed by atoms with Gasteiger partial charge in [0.05, 0.1) is 13.0 Å². The first-order valence-corrected chi connectivity index (χ1v) is 10.9. The summed E-state index contributed by atoms with van der Waals surface area (Å²) < 4.78 is 11.5. The van der Waals surface area contributed by atoms with Crippen LogP contribution in [0.3, 0.4) is 0 Å². The normalized spacial score (nSPS) is 15.0. The molecule has 6 nitrogen and oxygen atoms in total. The standard InChI is InChI=1S/C25H32N2O4/c1-19(2)21-9-11-23(12-10-21)31-20(3)25(29)27-16-14-26(15-17-27)24(28)13-18-30-22-7-5-4-6-8-22/h4-12,19-20H,13-18H2,1-3H3. The number of benzene rings is 2. The molecule has 0 aromatic heterocycles. The van der Waals surface area contributed by atoms with Gasteiger partial charge in [-0.3, -0.25) is 9.59 Å². The van der Waals surface area contributed by atoms with Crippen LogP contribution in [-0.2, 0) is 9.59 Å². The van der Waals surface area contributed by atoms with Crippen LogP contribution in [-0.4, -0.2) is 60.5 Å². The number of carbonyl (C=O) groups excluding carboxylic acids is 2. The maximum atomic E-state index is 12.8. The lowest BCUT2D eigenvalue weighted by atomic mass is 10.0. The quantitative estimate of drug-likeness (QED) is 0.648. The average Bonchev–Trinajstić information content (AvgIpc) is 2.79. The number of nitrogens with zero attached hydrogens (tertiary/aromatic N) is 2. The SMILES string of the molecule is CC(Oc1ccc(C(C)C)cc1)C(=O)N1CCN(C(=O)CCOc2ccccc2)CC1. The van der Waals surface area contributed by atoms with Gasteiger partial charge in [-0.1, -0.05) is 44.2 Å². The van der Waals surface area contributed by atoms with E-state index in [2.05, 4.69) is 13.8 Å². The number of carbonyl (C=O) groups is 2. The maximum Gasteiger partial charge on any atom is 0.263 e. The Labute approximate surface area is 184 Å². The third kappa shape index (κ3) is 6.48. The Balaban J connectivity index is 1.40. The van der Waals surface area contributed by atoms with Gasteiger partial charge in [0.15, 0.2) is 6.10 Å². The second-order valence-electron chi connectivity index (χ2n) is 8.10. The van der Waals surface area contributed by atoms with Crippen LogP contribution in [0.4, 0.5) is 0 Å². The Morgan fingerprint density at radius 3 is 2.06 bits per heavy atom. The summed E-state index contributed by atoms with van der Waals surface area (Å²) in [5.41, 5.74) is 1.24. The van der Waals surface area contributed by atoms with E-state index in [-0.39, 0.29) is 11.8 Å². The number of hydrogen-bond acceptors (Lipinski definition) is 4. The lowest BCUT2D eigenvalue weighted by Gasteiger charge is -2.36. The summed E-state index contributed by atoms with van der Waals surface area (Å²) in [5, 5.41) is 0. The summed E-state index contributed by atoms with van der Waals surface area (Å²) in [6.07, 6.45) is -0.235. The van der Waals surface area contributed by atoms with Gasteiger partial charge < -0.3 is 19.3 Å². The van der Waals surface area contributed by atoms with E-state index in [0.717, 1.165) is 5.75 Å². The maximum absolute atomic E-state index is 12.8. The summed E-state index contributed by atoms with van der Waals surface area (Å²) in [5.74, 6) is 1.91. The molecule has 1 saturated heterocycles. The van der Waals surface area contributed by atoms with Gasteiger partial charge in [-0.25, -0.2) is 0 Å². The van der Waals surface area contributed by atoms with Crippen molar-refractivity contribution in [3.63, 3.8) is 0 Å². The van der Waals surface area contributed by atoms with E-state index < -0.39 is 6.10 Å². The minimum absolute atomic E-state index is 0.0487. The number of amides is 2. The predicted molar refractivity (Wildman–Crippen MR) is 120 cm³/mol. The van der Waals surface area contributed by atoms with Crippen molar-refractivity contribution in [2.75, 3.05) is 32.8 Å². The first-order valence-electron chi connectivity index (χ1n) is 10.9. The minimum Gasteiger partial charge on any atom is -0.493 e. The molecule has 166 valence electrons. The number of hydrogen-bond donors (Lipinski definition) is 0. The first-order chi connectivity index (χ1) is 14.9. The van der Waals surface area contributed by atoms with E-state index in [1.165, 1.54) is 5.56 Å². The second-order valence-corrected chi connectivity index (χ2v) is 8.10. The third-order valence-electron chi connectivity index (χ3n) is 5.48. The average molecular weight is 425 g/mol. The highest BCUT2D eigenvalue weighted by Crippen LogP contribution is 2.20. The van der Waals surface area contributed by atoms with E-state index >= 15 is 0 Å². The highest BCUT2D eigenvalue weighted by Gasteiger charge is 2.27. The molecule has 0 N–H and O–H groups in total. The van der Waals surface area contributed by atoms with Crippen LogP contribution >= 0.6 is 0 Å². The zero-order chi connectivity index (χ0) is 22.2. The topological polar surface area (TPSA) is 59.1 Å². The number of ether oxygens (including phenoxy) is 2. The number of piperazine rings is 1. The number of rotatable bonds is 8. The summed E-state index contributed by atoms with van der Waals surface area (Å²) in [4.78, 5) is 28.8. The summed E-state index contributed by atoms with van der Waals surface area (Å²) in [7, 11) is 0. The van der Waals surface area contributed by atoms with Crippen molar-refractivity contribution in [3.05, 3.63) is 60.2 Å². The van der Waals surface area contributed by atoms with Crippen LogP contribution in [0.15, 0.2) is 54.6 Å². The van der Waals surface area contributed by atoms with Crippen LogP contribution in [0.1, 0.15) is 38.7 Å². The largest absolute Gasteiger partial charge is 0.493 e. The molecule has 3 rings (SSSR count). The molecule has 2 aromatic rings. The van der Waals surface area contributed by atoms with Crippen molar-refractivity contribution >= 4 is 11.8 Å². The molecule has 1 unspecified atom stereocenters. The predicted octanol–water partition coefficient (Wildman–Crippen LogP) is 3.72. The molecule has 6 heteroatoms. The first kappa shape index (κ1) is 22.7. The Bertz CT molecular complexity index is 844. The van der Waals surface area contributed by atoms with E-state index in [9.17, 15) is 9.59 Å². The monoisotopic (exact) mass is 424 g/mol. The van der Waals surface area contributed by atoms with Crippen LogP contribution < -0.4 is 9.47 Å². The molecule has 0 spiro atoms. The summed E-state index contributed by atoms with van der Waals surface area (Å²) in [6.45, 7) is 8.51. The van der Waals surface area contributed by atoms with Gasteiger partial charge in [0.1, 0.15) is 11.5 Å². The smallest absolute Gasteiger partial charge is 0.263 e. The fraction of sp³-hybridized carbons (Fsp3) is 0.440. The van der Waals surface area contributed by atoms with Crippen molar-refractivity contribution in [3.8, 4) is 11.5 Å². The molecule has 0 aliphatic carbocycles. The Hall–Kier alpha value is -3.02. The van der Waals surface area contributed by atoms with Gasteiger partial charge in [-0.15, -0.1) is 0 Å². The fourth-order valence-corrected chi connectivity index (χ4v) is 3.55. The summed E-state index contributed by atoms with van der Waals surface area (Å²) >= 11 is 0. The van der Waals surface area contributed by atoms with Gasteiger partial charge >= 0.3 is 0 Å². The van der Waals surface area contributed by atoms with E-state index in [1.54, 1.807) is 16.7 Å². The van der Waals surface area contributed by atoms with Gasteiger partial charge in [-0.05, 0) is 42.7 Å². The molecule has 1 aliphatic heterocycles. The van der Waals surface area contributed by atoms with Crippen LogP contribution in [0.25, 0.3) is 0 Å². The zero-order valence-corrected chi connectivity index (χ0v) is 18.6. The molecule has 0 saturated carbocycles. The van der Waals surface area contributed by atoms with Crippen molar-refractivity contribution < 1.29 is 19.1 Å². The van der Waals surface area contributed by atoms with E-state index in [0.29, 0.717) is 50.9 Å². The van der Waals surface area contributed by atoms with Crippen LogP contribution in [0.5, 0.6) is 11.5 Å². The van der Waals surface area contributed by atoms with Gasteiger partial charge in [-0.2, -0.15) is 0 Å². The third-order valence-corrected chi connectivity index (χ3v) is 5.48. The van der Waals surface area contributed by atoms with E-state index in [1.807, 2.05) is 54.6 Å². The van der Waals surface area contributed by atoms with Crippen molar-refractivity contribution in [1.82, 2.24) is 9.80 Å². The van der Waals surface area contributed by atoms with E-state index in [4.69, 9.17) is 9.47 Å². The lowest BCUT2D eigenvalue weighted by molar-refractivity contribution is -0.143. The van der Waals surface area contributed by atoms with Crippen LogP contribution in [0.2, 0.25) is 0 Å². The second kappa shape index (κ2) is 10.8. The van der Waals surface area contributed by atoms with Gasteiger partial charge in [0.25, 0.3) is 5.91 Å². The fourth-order valence-electron chi connectivity index (χ4n) is 3.55. The molecule has 1 atom stereocenters. The van der Waals surface area contributed by atoms with Crippen LogP contribution in [0, 0.1) is 0 Å². The lowest BCUT2D eigenvalue weighted by Crippen LogP contribution is -2.53. The zero-order valence-electron chi connectivity index (χ0n) is 18.6. The van der Waals surface area contributed by atoms with Crippen molar-refractivity contribution in [2.24, 2.45) is 0 Å². The van der Waals surface area contributed by atoms with Crippen molar-refractivity contribution in [2.45, 2.75) is 39.2 Å². The molecule has 0 bridgehead atoms. The molecule has 2 aromatic carbocycles. The highest BCUT2D eigenvalue weighted by atomic mass is 16.5. The molecule has 1 fully saturated rings. The molecule has 31 heavy (non-hydrogen) atoms. The molecular formula is C25H32N2O4. The highest BCUT2D eigenvalue weighted by molar-refractivity contribution is 5.81. The Morgan fingerprint density at radius 1 is 0.839 bits per heavy atom. The number of para-hydroxylation sites is 1. The van der Waals surface area contributed by atoms with Gasteiger partial charge in [0.2, 0.25) is 5.91 Å². The van der Waals surface area contributed by atoms with Gasteiger partial charge in [0, 0.05) is 26.2 Å². The molecule has 2 amide bonds. The van der Waals surface area contributed by atoms with Crippen molar-refractivity contribution in [1.29, 1.82) is 0 Å². The molecule has 0 radical (unpaired) electrons. The minimum atomic E-state index is -0.563. The molecule has 1 aliphatic rings.